The quantitative estimate of drug-likeness (QED) is 0.664. The second-order valence-corrected chi connectivity index (χ2v) is 5.69. The van der Waals surface area contributed by atoms with Crippen LogP contribution in [0.2, 0.25) is 0 Å². The van der Waals surface area contributed by atoms with Crippen molar-refractivity contribution >= 4 is 0 Å². The minimum atomic E-state index is 0.211. The summed E-state index contributed by atoms with van der Waals surface area (Å²) < 4.78 is 5.42. The van der Waals surface area contributed by atoms with Crippen molar-refractivity contribution in [3.05, 3.63) is 0 Å². The summed E-state index contributed by atoms with van der Waals surface area (Å²) >= 11 is 0. The smallest absolute Gasteiger partial charge is 0.0607 e. The molecule has 0 aromatic heterocycles. The van der Waals surface area contributed by atoms with E-state index in [1.165, 1.54) is 25.8 Å². The van der Waals surface area contributed by atoms with Crippen molar-refractivity contribution in [3.8, 4) is 0 Å². The molecule has 0 atom stereocenters. The fraction of sp³-hybridized carbons (Fsp3) is 1.00. The average molecular weight is 242 g/mol. The van der Waals surface area contributed by atoms with Gasteiger partial charge < -0.3 is 10.5 Å². The Labute approximate surface area is 107 Å². The van der Waals surface area contributed by atoms with Gasteiger partial charge in [-0.3, -0.25) is 4.90 Å². The molecule has 0 heterocycles. The molecule has 3 nitrogen and oxygen atoms in total. The molecule has 0 aromatic carbocycles. The largest absolute Gasteiger partial charge is 0.381 e. The first kappa shape index (κ1) is 14.9. The van der Waals surface area contributed by atoms with Gasteiger partial charge in [-0.1, -0.05) is 19.8 Å². The molecule has 2 N–H and O–H groups in total. The third kappa shape index (κ3) is 3.43. The fourth-order valence-corrected chi connectivity index (χ4v) is 3.05. The topological polar surface area (TPSA) is 38.5 Å². The van der Waals surface area contributed by atoms with Crippen molar-refractivity contribution in [2.45, 2.75) is 70.6 Å². The summed E-state index contributed by atoms with van der Waals surface area (Å²) in [5, 5.41) is 0. The van der Waals surface area contributed by atoms with Crippen molar-refractivity contribution in [2.24, 2.45) is 5.73 Å². The van der Waals surface area contributed by atoms with Gasteiger partial charge in [-0.25, -0.2) is 0 Å². The highest BCUT2D eigenvalue weighted by molar-refractivity contribution is 5.05. The van der Waals surface area contributed by atoms with E-state index in [-0.39, 0.29) is 5.54 Å². The summed E-state index contributed by atoms with van der Waals surface area (Å²) in [6, 6.07) is 0.577. The van der Waals surface area contributed by atoms with Crippen molar-refractivity contribution < 1.29 is 4.74 Å². The molecule has 102 valence electrons. The van der Waals surface area contributed by atoms with Crippen LogP contribution in [0.25, 0.3) is 0 Å². The third-order valence-electron chi connectivity index (χ3n) is 4.16. The minimum Gasteiger partial charge on any atom is -0.381 e. The Balaban J connectivity index is 2.55. The molecule has 0 radical (unpaired) electrons. The van der Waals surface area contributed by atoms with E-state index in [0.717, 1.165) is 19.4 Å². The van der Waals surface area contributed by atoms with Gasteiger partial charge in [0.25, 0.3) is 0 Å². The van der Waals surface area contributed by atoms with E-state index in [1.807, 2.05) is 7.11 Å². The molecule has 17 heavy (non-hydrogen) atoms. The van der Waals surface area contributed by atoms with Crippen LogP contribution >= 0.6 is 0 Å². The van der Waals surface area contributed by atoms with Crippen LogP contribution in [0.3, 0.4) is 0 Å². The number of methoxy groups -OCH3 is 1. The average Bonchev–Trinajstić information content (AvgIpc) is 2.26. The van der Waals surface area contributed by atoms with Gasteiger partial charge >= 0.3 is 0 Å². The lowest BCUT2D eigenvalue weighted by Crippen LogP contribution is -2.65. The lowest BCUT2D eigenvalue weighted by Gasteiger charge is -2.55. The molecule has 0 saturated heterocycles. The second-order valence-electron chi connectivity index (χ2n) is 5.69. The van der Waals surface area contributed by atoms with E-state index in [4.69, 9.17) is 10.5 Å². The number of ether oxygens (including phenoxy) is 1. The van der Waals surface area contributed by atoms with Gasteiger partial charge in [-0.2, -0.15) is 0 Å². The minimum absolute atomic E-state index is 0.211. The molecule has 0 aromatic rings. The molecule has 0 bridgehead atoms. The van der Waals surface area contributed by atoms with Crippen LogP contribution in [-0.4, -0.2) is 42.8 Å². The predicted molar refractivity (Wildman–Crippen MR) is 73.2 cm³/mol. The molecular weight excluding hydrogens is 212 g/mol. The summed E-state index contributed by atoms with van der Waals surface area (Å²) in [4.78, 5) is 2.61. The Bertz CT molecular complexity index is 212. The Morgan fingerprint density at radius 2 is 2.00 bits per heavy atom. The number of rotatable bonds is 8. The van der Waals surface area contributed by atoms with E-state index in [0.29, 0.717) is 12.1 Å². The van der Waals surface area contributed by atoms with Gasteiger partial charge in [0.1, 0.15) is 0 Å². The van der Waals surface area contributed by atoms with E-state index in [2.05, 4.69) is 25.7 Å². The maximum Gasteiger partial charge on any atom is 0.0607 e. The summed E-state index contributed by atoms with van der Waals surface area (Å²) in [6.07, 6.45) is 6.51. The lowest BCUT2D eigenvalue weighted by molar-refractivity contribution is -0.0982. The standard InChI is InChI=1S/C14H30N2O/c1-5-6-7-8-16(12(2)3)14(11-15)9-13(10-14)17-4/h12-13H,5-11,15H2,1-4H3. The Morgan fingerprint density at radius 3 is 2.41 bits per heavy atom. The number of unbranched alkanes of at least 4 members (excludes halogenated alkanes) is 2. The van der Waals surface area contributed by atoms with Gasteiger partial charge in [0.15, 0.2) is 0 Å². The van der Waals surface area contributed by atoms with Gasteiger partial charge in [0.05, 0.1) is 6.10 Å². The predicted octanol–water partition coefficient (Wildman–Crippen LogP) is 2.39. The number of nitrogens with zero attached hydrogens (tertiary/aromatic N) is 1. The summed E-state index contributed by atoms with van der Waals surface area (Å²) in [7, 11) is 1.81. The SMILES string of the molecule is CCCCCN(C(C)C)C1(CN)CC(OC)C1. The molecule has 0 unspecified atom stereocenters. The zero-order valence-electron chi connectivity index (χ0n) is 12.0. The van der Waals surface area contributed by atoms with E-state index in [9.17, 15) is 0 Å². The highest BCUT2D eigenvalue weighted by Crippen LogP contribution is 2.40. The molecule has 1 fully saturated rings. The number of nitrogens with two attached hydrogens (primary N) is 1. The maximum atomic E-state index is 6.03. The number of hydrogen-bond donors (Lipinski definition) is 1. The van der Waals surface area contributed by atoms with Gasteiger partial charge in [-0.15, -0.1) is 0 Å². The molecule has 1 saturated carbocycles. The van der Waals surface area contributed by atoms with Crippen molar-refractivity contribution in [2.75, 3.05) is 20.2 Å². The lowest BCUT2D eigenvalue weighted by atomic mass is 9.72. The first-order valence-electron chi connectivity index (χ1n) is 7.09. The maximum absolute atomic E-state index is 6.03. The van der Waals surface area contributed by atoms with Crippen LogP contribution in [0.1, 0.15) is 52.9 Å². The first-order valence-corrected chi connectivity index (χ1v) is 7.09. The van der Waals surface area contributed by atoms with Crippen LogP contribution in [0, 0.1) is 0 Å². The van der Waals surface area contributed by atoms with Crippen LogP contribution in [0.5, 0.6) is 0 Å². The molecule has 1 rings (SSSR count). The third-order valence-corrected chi connectivity index (χ3v) is 4.16. The molecule has 0 aliphatic heterocycles. The van der Waals surface area contributed by atoms with Gasteiger partial charge in [0.2, 0.25) is 0 Å². The zero-order chi connectivity index (χ0) is 12.9. The summed E-state index contributed by atoms with van der Waals surface area (Å²) in [5.41, 5.74) is 6.24. The molecular formula is C14H30N2O. The van der Waals surface area contributed by atoms with Crippen molar-refractivity contribution in [1.82, 2.24) is 4.90 Å². The summed E-state index contributed by atoms with van der Waals surface area (Å²) in [6.45, 7) is 8.76. The van der Waals surface area contributed by atoms with E-state index in [1.54, 1.807) is 0 Å². The first-order chi connectivity index (χ1) is 8.09. The Kier molecular flexibility index (Phi) is 5.90. The van der Waals surface area contributed by atoms with E-state index >= 15 is 0 Å². The van der Waals surface area contributed by atoms with Crippen molar-refractivity contribution in [3.63, 3.8) is 0 Å². The molecule has 0 amide bonds. The zero-order valence-corrected chi connectivity index (χ0v) is 12.0. The normalized spacial score (nSPS) is 28.8. The Morgan fingerprint density at radius 1 is 1.35 bits per heavy atom. The highest BCUT2D eigenvalue weighted by Gasteiger charge is 2.48. The van der Waals surface area contributed by atoms with Gasteiger partial charge in [0, 0.05) is 25.2 Å². The van der Waals surface area contributed by atoms with Crippen molar-refractivity contribution in [1.29, 1.82) is 0 Å². The Hall–Kier alpha value is -0.120. The molecule has 1 aliphatic rings. The van der Waals surface area contributed by atoms with E-state index < -0.39 is 0 Å². The molecule has 0 spiro atoms. The highest BCUT2D eigenvalue weighted by atomic mass is 16.5. The van der Waals surface area contributed by atoms with Crippen LogP contribution in [0.15, 0.2) is 0 Å². The van der Waals surface area contributed by atoms with Gasteiger partial charge in [-0.05, 0) is 39.7 Å². The molecule has 1 aliphatic carbocycles. The van der Waals surface area contributed by atoms with Crippen LogP contribution in [-0.2, 0) is 4.74 Å². The summed E-state index contributed by atoms with van der Waals surface area (Å²) in [5.74, 6) is 0. The van der Waals surface area contributed by atoms with Crippen LogP contribution in [0.4, 0.5) is 0 Å². The second kappa shape index (κ2) is 6.72. The number of hydrogen-bond acceptors (Lipinski definition) is 3. The van der Waals surface area contributed by atoms with Crippen LogP contribution < -0.4 is 5.73 Å². The monoisotopic (exact) mass is 242 g/mol. The molecule has 3 heteroatoms. The fourth-order valence-electron chi connectivity index (χ4n) is 3.05.